The van der Waals surface area contributed by atoms with Crippen molar-refractivity contribution in [3.63, 3.8) is 0 Å². The molecule has 100 valence electrons. The standard InChI is InChI=1S/C11H17N3O4/c1-3-18-9-4-5-12-11(13-9)14(6-7-17-2)8-10(15)16/h4-5H,3,6-8H2,1-2H3,(H,15,16). The van der Waals surface area contributed by atoms with Crippen LogP contribution in [-0.4, -0.2) is 54.5 Å². The maximum atomic E-state index is 10.8. The maximum Gasteiger partial charge on any atom is 0.323 e. The molecule has 0 aliphatic rings. The normalized spacial score (nSPS) is 10.1. The van der Waals surface area contributed by atoms with Crippen LogP contribution in [0.1, 0.15) is 6.92 Å². The first-order valence-electron chi connectivity index (χ1n) is 5.59. The Labute approximate surface area is 105 Å². The van der Waals surface area contributed by atoms with Gasteiger partial charge in [0, 0.05) is 25.9 Å². The van der Waals surface area contributed by atoms with Crippen LogP contribution in [0, 0.1) is 0 Å². The van der Waals surface area contributed by atoms with Crippen LogP contribution >= 0.6 is 0 Å². The Morgan fingerprint density at radius 2 is 2.33 bits per heavy atom. The van der Waals surface area contributed by atoms with Gasteiger partial charge in [-0.15, -0.1) is 0 Å². The first-order chi connectivity index (χ1) is 8.67. The van der Waals surface area contributed by atoms with Crippen molar-refractivity contribution in [1.82, 2.24) is 9.97 Å². The summed E-state index contributed by atoms with van der Waals surface area (Å²) in [6.45, 7) is 2.96. The third kappa shape index (κ3) is 4.54. The first-order valence-corrected chi connectivity index (χ1v) is 5.59. The topological polar surface area (TPSA) is 84.8 Å². The fourth-order valence-electron chi connectivity index (χ4n) is 1.33. The monoisotopic (exact) mass is 255 g/mol. The molecular weight excluding hydrogens is 238 g/mol. The number of nitrogens with zero attached hydrogens (tertiary/aromatic N) is 3. The largest absolute Gasteiger partial charge is 0.480 e. The third-order valence-electron chi connectivity index (χ3n) is 2.08. The van der Waals surface area contributed by atoms with Gasteiger partial charge in [0.15, 0.2) is 0 Å². The fourth-order valence-corrected chi connectivity index (χ4v) is 1.33. The quantitative estimate of drug-likeness (QED) is 0.720. The average molecular weight is 255 g/mol. The van der Waals surface area contributed by atoms with Gasteiger partial charge < -0.3 is 19.5 Å². The number of hydrogen-bond acceptors (Lipinski definition) is 6. The molecule has 0 radical (unpaired) electrons. The molecule has 0 bridgehead atoms. The van der Waals surface area contributed by atoms with E-state index in [9.17, 15) is 4.79 Å². The molecule has 1 N–H and O–H groups in total. The second-order valence-corrected chi connectivity index (χ2v) is 3.44. The van der Waals surface area contributed by atoms with Crippen molar-refractivity contribution in [2.45, 2.75) is 6.92 Å². The van der Waals surface area contributed by atoms with Gasteiger partial charge in [0.1, 0.15) is 6.54 Å². The highest BCUT2D eigenvalue weighted by atomic mass is 16.5. The molecule has 0 unspecified atom stereocenters. The molecule has 0 saturated heterocycles. The number of carboxylic acid groups (broad SMARTS) is 1. The molecule has 0 saturated carbocycles. The Morgan fingerprint density at radius 3 is 2.94 bits per heavy atom. The van der Waals surface area contributed by atoms with E-state index in [1.807, 2.05) is 6.92 Å². The molecule has 0 amide bonds. The lowest BCUT2D eigenvalue weighted by atomic mass is 10.5. The predicted octanol–water partition coefficient (Wildman–Crippen LogP) is 0.413. The second-order valence-electron chi connectivity index (χ2n) is 3.44. The van der Waals surface area contributed by atoms with E-state index in [1.165, 1.54) is 11.1 Å². The van der Waals surface area contributed by atoms with Crippen LogP contribution in [0.4, 0.5) is 5.95 Å². The molecular formula is C11H17N3O4. The van der Waals surface area contributed by atoms with E-state index >= 15 is 0 Å². The Balaban J connectivity index is 2.81. The number of aromatic nitrogens is 2. The minimum atomic E-state index is -0.948. The van der Waals surface area contributed by atoms with Crippen molar-refractivity contribution < 1.29 is 19.4 Å². The summed E-state index contributed by atoms with van der Waals surface area (Å²) in [5.41, 5.74) is 0. The average Bonchev–Trinajstić information content (AvgIpc) is 2.35. The maximum absolute atomic E-state index is 10.8. The molecule has 1 aromatic heterocycles. The van der Waals surface area contributed by atoms with Crippen molar-refractivity contribution in [3.05, 3.63) is 12.3 Å². The van der Waals surface area contributed by atoms with Crippen molar-refractivity contribution in [1.29, 1.82) is 0 Å². The number of carbonyl (C=O) groups is 1. The number of anilines is 1. The fraction of sp³-hybridized carbons (Fsp3) is 0.545. The zero-order chi connectivity index (χ0) is 13.4. The van der Waals surface area contributed by atoms with Crippen LogP contribution in [0.3, 0.4) is 0 Å². The lowest BCUT2D eigenvalue weighted by Crippen LogP contribution is -2.34. The van der Waals surface area contributed by atoms with Crippen molar-refractivity contribution in [2.75, 3.05) is 38.3 Å². The van der Waals surface area contributed by atoms with Gasteiger partial charge in [-0.2, -0.15) is 4.98 Å². The predicted molar refractivity (Wildman–Crippen MR) is 64.9 cm³/mol. The summed E-state index contributed by atoms with van der Waals surface area (Å²) < 4.78 is 10.2. The van der Waals surface area contributed by atoms with E-state index < -0.39 is 5.97 Å². The first kappa shape index (κ1) is 14.2. The minimum Gasteiger partial charge on any atom is -0.480 e. The summed E-state index contributed by atoms with van der Waals surface area (Å²) in [6.07, 6.45) is 1.54. The number of methoxy groups -OCH3 is 1. The minimum absolute atomic E-state index is 0.182. The smallest absolute Gasteiger partial charge is 0.323 e. The molecule has 0 spiro atoms. The van der Waals surface area contributed by atoms with Crippen LogP contribution in [0.2, 0.25) is 0 Å². The zero-order valence-electron chi connectivity index (χ0n) is 10.5. The second kappa shape index (κ2) is 7.44. The van der Waals surface area contributed by atoms with Crippen molar-refractivity contribution in [3.8, 4) is 5.88 Å². The molecule has 1 aromatic rings. The van der Waals surface area contributed by atoms with E-state index in [1.54, 1.807) is 13.2 Å². The molecule has 0 aliphatic heterocycles. The van der Waals surface area contributed by atoms with Crippen molar-refractivity contribution >= 4 is 11.9 Å². The Morgan fingerprint density at radius 1 is 1.56 bits per heavy atom. The Bertz CT molecular complexity index is 386. The summed E-state index contributed by atoms with van der Waals surface area (Å²) in [7, 11) is 1.55. The van der Waals surface area contributed by atoms with Gasteiger partial charge >= 0.3 is 5.97 Å². The molecule has 0 aromatic carbocycles. The van der Waals surface area contributed by atoms with Gasteiger partial charge in [0.25, 0.3) is 0 Å². The Kier molecular flexibility index (Phi) is 5.86. The molecule has 0 atom stereocenters. The van der Waals surface area contributed by atoms with Gasteiger partial charge in [-0.3, -0.25) is 4.79 Å². The molecule has 7 heteroatoms. The number of hydrogen-bond donors (Lipinski definition) is 1. The number of carboxylic acids is 1. The van der Waals surface area contributed by atoms with Crippen LogP contribution in [-0.2, 0) is 9.53 Å². The van der Waals surface area contributed by atoms with E-state index in [0.29, 0.717) is 31.6 Å². The lowest BCUT2D eigenvalue weighted by Gasteiger charge is -2.20. The molecule has 18 heavy (non-hydrogen) atoms. The van der Waals surface area contributed by atoms with Gasteiger partial charge in [-0.25, -0.2) is 4.98 Å². The zero-order valence-corrected chi connectivity index (χ0v) is 10.5. The summed E-state index contributed by atoms with van der Waals surface area (Å²) in [5.74, 6) is -0.202. The van der Waals surface area contributed by atoms with Crippen molar-refractivity contribution in [2.24, 2.45) is 0 Å². The SMILES string of the molecule is CCOc1ccnc(N(CCOC)CC(=O)O)n1. The van der Waals surface area contributed by atoms with E-state index in [4.69, 9.17) is 14.6 Å². The molecule has 1 rings (SSSR count). The lowest BCUT2D eigenvalue weighted by molar-refractivity contribution is -0.135. The highest BCUT2D eigenvalue weighted by Crippen LogP contribution is 2.12. The third-order valence-corrected chi connectivity index (χ3v) is 2.08. The van der Waals surface area contributed by atoms with Gasteiger partial charge in [-0.1, -0.05) is 0 Å². The van der Waals surface area contributed by atoms with Gasteiger partial charge in [0.2, 0.25) is 11.8 Å². The number of aliphatic carboxylic acids is 1. The molecule has 0 fully saturated rings. The number of ether oxygens (including phenoxy) is 2. The summed E-state index contributed by atoms with van der Waals surface area (Å²) in [4.78, 5) is 20.5. The Hall–Kier alpha value is -1.89. The van der Waals surface area contributed by atoms with Crippen LogP contribution < -0.4 is 9.64 Å². The van der Waals surface area contributed by atoms with E-state index in [0.717, 1.165) is 0 Å². The highest BCUT2D eigenvalue weighted by molar-refractivity contribution is 5.72. The van der Waals surface area contributed by atoms with E-state index in [-0.39, 0.29) is 6.54 Å². The number of rotatable bonds is 8. The summed E-state index contributed by atoms with van der Waals surface area (Å²) in [6, 6.07) is 1.63. The van der Waals surface area contributed by atoms with Crippen LogP contribution in [0.5, 0.6) is 5.88 Å². The molecule has 7 nitrogen and oxygen atoms in total. The summed E-state index contributed by atoms with van der Waals surface area (Å²) >= 11 is 0. The molecule has 1 heterocycles. The molecule has 0 aliphatic carbocycles. The van der Waals surface area contributed by atoms with Crippen LogP contribution in [0.15, 0.2) is 12.3 Å². The van der Waals surface area contributed by atoms with Gasteiger partial charge in [-0.05, 0) is 6.92 Å². The van der Waals surface area contributed by atoms with Crippen LogP contribution in [0.25, 0.3) is 0 Å². The summed E-state index contributed by atoms with van der Waals surface area (Å²) in [5, 5.41) is 8.85. The van der Waals surface area contributed by atoms with E-state index in [2.05, 4.69) is 9.97 Å². The van der Waals surface area contributed by atoms with Gasteiger partial charge in [0.05, 0.1) is 13.2 Å². The highest BCUT2D eigenvalue weighted by Gasteiger charge is 2.13.